The average Bonchev–Trinajstić information content (AvgIpc) is 2.45. The van der Waals surface area contributed by atoms with Crippen molar-refractivity contribution in [2.24, 2.45) is 5.41 Å². The zero-order valence-electron chi connectivity index (χ0n) is 12.1. The highest BCUT2D eigenvalue weighted by atomic mass is 79.9. The zero-order chi connectivity index (χ0) is 14.8. The van der Waals surface area contributed by atoms with Gasteiger partial charge in [-0.15, -0.1) is 0 Å². The van der Waals surface area contributed by atoms with Crippen LogP contribution in [0, 0.1) is 5.41 Å². The number of nitrogens with zero attached hydrogens (tertiary/aromatic N) is 1. The largest absolute Gasteiger partial charge is 0.339 e. The third-order valence-electron chi connectivity index (χ3n) is 4.72. The fourth-order valence-corrected chi connectivity index (χ4v) is 3.86. The molecule has 1 aromatic rings. The molecule has 0 N–H and O–H groups in total. The molecule has 1 fully saturated rings. The van der Waals surface area contributed by atoms with Crippen molar-refractivity contribution in [3.8, 4) is 0 Å². The summed E-state index contributed by atoms with van der Waals surface area (Å²) in [6, 6.07) is 5.39. The van der Waals surface area contributed by atoms with E-state index in [2.05, 4.69) is 29.8 Å². The molecule has 0 spiro atoms. The van der Waals surface area contributed by atoms with Crippen LogP contribution in [0.15, 0.2) is 22.7 Å². The average molecular weight is 359 g/mol. The van der Waals surface area contributed by atoms with Gasteiger partial charge in [0.1, 0.15) is 0 Å². The molecular formula is C16H21BrClNO. The quantitative estimate of drug-likeness (QED) is 0.732. The maximum atomic E-state index is 12.5. The van der Waals surface area contributed by atoms with Crippen LogP contribution >= 0.6 is 27.5 Å². The first-order valence-electron chi connectivity index (χ1n) is 7.25. The maximum Gasteiger partial charge on any atom is 0.253 e. The molecule has 2 nitrogen and oxygen atoms in total. The number of rotatable bonds is 3. The van der Waals surface area contributed by atoms with E-state index < -0.39 is 0 Å². The third kappa shape index (κ3) is 3.37. The normalized spacial score (nSPS) is 18.1. The second-order valence-electron chi connectivity index (χ2n) is 5.66. The van der Waals surface area contributed by atoms with Crippen molar-refractivity contribution in [2.75, 3.05) is 13.1 Å². The number of likely N-dealkylation sites (tertiary alicyclic amines) is 1. The first-order chi connectivity index (χ1) is 9.49. The van der Waals surface area contributed by atoms with E-state index in [0.29, 0.717) is 16.0 Å². The van der Waals surface area contributed by atoms with Gasteiger partial charge in [0.2, 0.25) is 0 Å². The van der Waals surface area contributed by atoms with Crippen molar-refractivity contribution in [3.63, 3.8) is 0 Å². The van der Waals surface area contributed by atoms with Crippen molar-refractivity contribution < 1.29 is 4.79 Å². The minimum Gasteiger partial charge on any atom is -0.339 e. The van der Waals surface area contributed by atoms with E-state index in [9.17, 15) is 4.79 Å². The molecule has 1 aliphatic rings. The second kappa shape index (κ2) is 6.48. The van der Waals surface area contributed by atoms with Gasteiger partial charge in [-0.3, -0.25) is 4.79 Å². The predicted molar refractivity (Wildman–Crippen MR) is 87.3 cm³/mol. The lowest BCUT2D eigenvalue weighted by atomic mass is 9.74. The number of benzene rings is 1. The van der Waals surface area contributed by atoms with E-state index in [-0.39, 0.29) is 5.91 Å². The second-order valence-corrected chi connectivity index (χ2v) is 7.01. The molecule has 2 rings (SSSR count). The Morgan fingerprint density at radius 2 is 1.85 bits per heavy atom. The Balaban J connectivity index is 2.08. The van der Waals surface area contributed by atoms with E-state index >= 15 is 0 Å². The summed E-state index contributed by atoms with van der Waals surface area (Å²) in [5.41, 5.74) is 1.11. The van der Waals surface area contributed by atoms with Crippen molar-refractivity contribution >= 4 is 33.4 Å². The molecule has 1 aliphatic heterocycles. The zero-order valence-corrected chi connectivity index (χ0v) is 14.4. The number of hydrogen-bond donors (Lipinski definition) is 0. The molecule has 0 aromatic heterocycles. The number of carbonyl (C=O) groups excluding carboxylic acids is 1. The van der Waals surface area contributed by atoms with Gasteiger partial charge in [0, 0.05) is 28.1 Å². The molecule has 0 bridgehead atoms. The smallest absolute Gasteiger partial charge is 0.253 e. The predicted octanol–water partition coefficient (Wildman–Crippen LogP) is 5.14. The molecule has 0 saturated carbocycles. The summed E-state index contributed by atoms with van der Waals surface area (Å²) in [4.78, 5) is 14.5. The minimum absolute atomic E-state index is 0.0917. The van der Waals surface area contributed by atoms with Crippen LogP contribution in [0.2, 0.25) is 5.02 Å². The summed E-state index contributed by atoms with van der Waals surface area (Å²) in [7, 11) is 0. The lowest BCUT2D eigenvalue weighted by Gasteiger charge is -2.41. The lowest BCUT2D eigenvalue weighted by Crippen LogP contribution is -2.42. The SMILES string of the molecule is CCC1(CC)CCN(C(=O)c2cc(Cl)cc(Br)c2)CC1. The summed E-state index contributed by atoms with van der Waals surface area (Å²) in [5, 5.41) is 0.594. The lowest BCUT2D eigenvalue weighted by molar-refractivity contribution is 0.0557. The molecular weight excluding hydrogens is 338 g/mol. The van der Waals surface area contributed by atoms with Gasteiger partial charge in [-0.1, -0.05) is 54.2 Å². The molecule has 0 atom stereocenters. The Bertz CT molecular complexity index is 469. The van der Waals surface area contributed by atoms with Gasteiger partial charge in [-0.25, -0.2) is 0 Å². The monoisotopic (exact) mass is 357 g/mol. The molecule has 1 aromatic carbocycles. The molecule has 0 unspecified atom stereocenters. The Labute approximate surface area is 134 Å². The van der Waals surface area contributed by atoms with Crippen molar-refractivity contribution in [3.05, 3.63) is 33.3 Å². The topological polar surface area (TPSA) is 20.3 Å². The van der Waals surface area contributed by atoms with Crippen LogP contribution in [-0.2, 0) is 0 Å². The number of piperidine rings is 1. The first-order valence-corrected chi connectivity index (χ1v) is 8.42. The van der Waals surface area contributed by atoms with Crippen LogP contribution in [0.4, 0.5) is 0 Å². The number of halogens is 2. The number of hydrogen-bond acceptors (Lipinski definition) is 1. The van der Waals surface area contributed by atoms with Crippen molar-refractivity contribution in [2.45, 2.75) is 39.5 Å². The molecule has 20 heavy (non-hydrogen) atoms. The summed E-state index contributed by atoms with van der Waals surface area (Å²) >= 11 is 9.41. The highest BCUT2D eigenvalue weighted by Crippen LogP contribution is 2.38. The fraction of sp³-hybridized carbons (Fsp3) is 0.562. The molecule has 4 heteroatoms. The highest BCUT2D eigenvalue weighted by Gasteiger charge is 2.33. The Kier molecular flexibility index (Phi) is 5.14. The summed E-state index contributed by atoms with van der Waals surface area (Å²) in [6.45, 7) is 6.22. The van der Waals surface area contributed by atoms with E-state index in [1.807, 2.05) is 11.0 Å². The minimum atomic E-state index is 0.0917. The van der Waals surface area contributed by atoms with Crippen LogP contribution in [-0.4, -0.2) is 23.9 Å². The summed E-state index contributed by atoms with van der Waals surface area (Å²) in [6.07, 6.45) is 4.61. The molecule has 110 valence electrons. The molecule has 0 radical (unpaired) electrons. The Morgan fingerprint density at radius 1 is 1.25 bits per heavy atom. The number of carbonyl (C=O) groups is 1. The molecule has 1 heterocycles. The first kappa shape index (κ1) is 15.8. The van der Waals surface area contributed by atoms with Crippen molar-refractivity contribution in [1.82, 2.24) is 4.90 Å². The number of amides is 1. The fourth-order valence-electron chi connectivity index (χ4n) is 3.00. The van der Waals surface area contributed by atoms with Crippen LogP contribution in [0.3, 0.4) is 0 Å². The van der Waals surface area contributed by atoms with Gasteiger partial charge in [0.15, 0.2) is 0 Å². The Hall–Kier alpha value is -0.540. The van der Waals surface area contributed by atoms with Crippen LogP contribution in [0.1, 0.15) is 49.9 Å². The third-order valence-corrected chi connectivity index (χ3v) is 5.40. The maximum absolute atomic E-state index is 12.5. The molecule has 1 amide bonds. The van der Waals surface area contributed by atoms with Gasteiger partial charge < -0.3 is 4.90 Å². The van der Waals surface area contributed by atoms with Gasteiger partial charge in [0.05, 0.1) is 0 Å². The summed E-state index contributed by atoms with van der Waals surface area (Å²) in [5.74, 6) is 0.0917. The van der Waals surface area contributed by atoms with Crippen LogP contribution in [0.5, 0.6) is 0 Å². The van der Waals surface area contributed by atoms with Gasteiger partial charge in [-0.05, 0) is 36.5 Å². The van der Waals surface area contributed by atoms with E-state index in [1.165, 1.54) is 12.8 Å². The van der Waals surface area contributed by atoms with Crippen LogP contribution < -0.4 is 0 Å². The van der Waals surface area contributed by atoms with E-state index in [0.717, 1.165) is 30.4 Å². The van der Waals surface area contributed by atoms with Gasteiger partial charge >= 0.3 is 0 Å². The van der Waals surface area contributed by atoms with E-state index in [1.54, 1.807) is 12.1 Å². The standard InChI is InChI=1S/C16H21BrClNO/c1-3-16(4-2)5-7-19(8-6-16)15(20)12-9-13(17)11-14(18)10-12/h9-11H,3-8H2,1-2H3. The highest BCUT2D eigenvalue weighted by molar-refractivity contribution is 9.10. The molecule has 0 aliphatic carbocycles. The summed E-state index contributed by atoms with van der Waals surface area (Å²) < 4.78 is 0.849. The van der Waals surface area contributed by atoms with E-state index in [4.69, 9.17) is 11.6 Å². The van der Waals surface area contributed by atoms with Crippen molar-refractivity contribution in [1.29, 1.82) is 0 Å². The van der Waals surface area contributed by atoms with Gasteiger partial charge in [0.25, 0.3) is 5.91 Å². The van der Waals surface area contributed by atoms with Gasteiger partial charge in [-0.2, -0.15) is 0 Å². The molecule has 1 saturated heterocycles. The Morgan fingerprint density at radius 3 is 2.35 bits per heavy atom. The van der Waals surface area contributed by atoms with Crippen LogP contribution in [0.25, 0.3) is 0 Å².